The fraction of sp³-hybridized carbons (Fsp3) is 0.571. The fourth-order valence-corrected chi connectivity index (χ4v) is 0.535. The third-order valence-electron chi connectivity index (χ3n) is 1.06. The standard InChI is InChI=1S/C6H15N5.CHN.ClH/c1-2-3-4-10-6(9)11-5(7)8;1-2;/h2-4H2,1H3,(H6,7,8,9,10,11);1H;1H. The van der Waals surface area contributed by atoms with Gasteiger partial charge in [0.05, 0.1) is 0 Å². The molecule has 6 nitrogen and oxygen atoms in total. The van der Waals surface area contributed by atoms with Gasteiger partial charge in [-0.05, 0) is 6.42 Å². The Balaban J connectivity index is -0.000000376. The highest BCUT2D eigenvalue weighted by Gasteiger charge is 1.90. The van der Waals surface area contributed by atoms with E-state index in [1.54, 1.807) is 0 Å². The Morgan fingerprint density at radius 3 is 2.36 bits per heavy atom. The average molecular weight is 221 g/mol. The van der Waals surface area contributed by atoms with Gasteiger partial charge in [0.25, 0.3) is 0 Å². The van der Waals surface area contributed by atoms with E-state index in [0.29, 0.717) is 6.54 Å². The summed E-state index contributed by atoms with van der Waals surface area (Å²) in [4.78, 5) is 3.92. The first-order valence-electron chi connectivity index (χ1n) is 3.83. The number of hydrogen-bond acceptors (Lipinski definition) is 3. The molecular weight excluding hydrogens is 204 g/mol. The zero-order valence-electron chi connectivity index (χ0n) is 8.16. The normalized spacial score (nSPS) is 8.93. The van der Waals surface area contributed by atoms with E-state index in [1.807, 2.05) is 0 Å². The number of nitrogens with zero attached hydrogens (tertiary/aromatic N) is 2. The minimum Gasteiger partial charge on any atom is -0.370 e. The summed E-state index contributed by atoms with van der Waals surface area (Å²) >= 11 is 0. The van der Waals surface area contributed by atoms with Crippen LogP contribution in [0.15, 0.2) is 4.99 Å². The molecule has 82 valence electrons. The smallest absolute Gasteiger partial charge is 0.195 e. The van der Waals surface area contributed by atoms with Crippen LogP contribution in [0.25, 0.3) is 0 Å². The maximum Gasteiger partial charge on any atom is 0.195 e. The molecule has 0 aromatic rings. The van der Waals surface area contributed by atoms with Crippen molar-refractivity contribution in [3.05, 3.63) is 0 Å². The molecule has 0 rings (SSSR count). The summed E-state index contributed by atoms with van der Waals surface area (Å²) in [6.45, 7) is 6.26. The maximum absolute atomic E-state index is 6.81. The van der Waals surface area contributed by atoms with Crippen LogP contribution in [0.2, 0.25) is 0 Å². The first-order chi connectivity index (χ1) is 6.16. The van der Waals surface area contributed by atoms with E-state index in [2.05, 4.69) is 23.8 Å². The Morgan fingerprint density at radius 2 is 2.00 bits per heavy atom. The fourth-order valence-electron chi connectivity index (χ4n) is 0.535. The van der Waals surface area contributed by atoms with Crippen molar-refractivity contribution in [3.8, 4) is 6.57 Å². The highest BCUT2D eigenvalue weighted by atomic mass is 35.5. The van der Waals surface area contributed by atoms with E-state index in [0.717, 1.165) is 12.8 Å². The molecule has 0 unspecified atom stereocenters. The van der Waals surface area contributed by atoms with E-state index in [-0.39, 0.29) is 24.3 Å². The molecule has 0 radical (unpaired) electrons. The molecular formula is C7H17ClN6. The minimum absolute atomic E-state index is 0. The maximum atomic E-state index is 6.81. The number of guanidine groups is 2. The molecule has 0 aliphatic carbocycles. The van der Waals surface area contributed by atoms with Crippen LogP contribution in [0.1, 0.15) is 19.8 Å². The van der Waals surface area contributed by atoms with Gasteiger partial charge >= 0.3 is 0 Å². The first-order valence-corrected chi connectivity index (χ1v) is 3.83. The SMILES string of the molecule is C#N.CCCCN=C(N)NC(=N)N.Cl. The van der Waals surface area contributed by atoms with E-state index in [4.69, 9.17) is 22.1 Å². The first kappa shape index (κ1) is 18.3. The van der Waals surface area contributed by atoms with Crippen molar-refractivity contribution >= 4 is 24.3 Å². The van der Waals surface area contributed by atoms with Crippen LogP contribution in [0.4, 0.5) is 0 Å². The summed E-state index contributed by atoms with van der Waals surface area (Å²) in [5.74, 6) is 0.0358. The predicted octanol–water partition coefficient (Wildman–Crippen LogP) is 0.146. The predicted molar refractivity (Wildman–Crippen MR) is 60.4 cm³/mol. The van der Waals surface area contributed by atoms with Crippen LogP contribution in [-0.4, -0.2) is 18.5 Å². The number of nitrogens with one attached hydrogen (secondary N) is 2. The second kappa shape index (κ2) is 14.1. The quantitative estimate of drug-likeness (QED) is 0.307. The van der Waals surface area contributed by atoms with Gasteiger partial charge < -0.3 is 11.5 Å². The second-order valence-corrected chi connectivity index (χ2v) is 2.16. The largest absolute Gasteiger partial charge is 0.370 e. The molecule has 0 atom stereocenters. The molecule has 0 bridgehead atoms. The van der Waals surface area contributed by atoms with Gasteiger partial charge in [0.15, 0.2) is 11.9 Å². The van der Waals surface area contributed by atoms with Crippen molar-refractivity contribution in [2.45, 2.75) is 19.8 Å². The highest BCUT2D eigenvalue weighted by molar-refractivity contribution is 5.95. The van der Waals surface area contributed by atoms with Gasteiger partial charge in [-0.2, -0.15) is 0 Å². The number of rotatable bonds is 3. The van der Waals surface area contributed by atoms with Crippen LogP contribution in [-0.2, 0) is 0 Å². The van der Waals surface area contributed by atoms with Crippen molar-refractivity contribution in [2.75, 3.05) is 6.54 Å². The molecule has 6 N–H and O–H groups in total. The Kier molecular flexibility index (Phi) is 18.4. The van der Waals surface area contributed by atoms with Gasteiger partial charge in [-0.3, -0.25) is 15.7 Å². The number of unbranched alkanes of at least 4 members (excludes halogenated alkanes) is 1. The average Bonchev–Trinajstić information content (AvgIpc) is 2.07. The molecule has 0 spiro atoms. The van der Waals surface area contributed by atoms with Crippen molar-refractivity contribution in [3.63, 3.8) is 0 Å². The summed E-state index contributed by atoms with van der Waals surface area (Å²) in [6, 6.07) is 0. The summed E-state index contributed by atoms with van der Waals surface area (Å²) in [7, 11) is 0. The Labute approximate surface area is 90.3 Å². The van der Waals surface area contributed by atoms with Crippen LogP contribution in [0.3, 0.4) is 0 Å². The van der Waals surface area contributed by atoms with Gasteiger partial charge in [0, 0.05) is 13.1 Å². The molecule has 0 heterocycles. The molecule has 0 aliphatic rings. The lowest BCUT2D eigenvalue weighted by Crippen LogP contribution is -2.40. The summed E-state index contributed by atoms with van der Waals surface area (Å²) < 4.78 is 0. The zero-order valence-corrected chi connectivity index (χ0v) is 8.97. The van der Waals surface area contributed by atoms with Crippen LogP contribution in [0, 0.1) is 17.2 Å². The molecule has 0 saturated carbocycles. The van der Waals surface area contributed by atoms with Crippen molar-refractivity contribution < 1.29 is 0 Å². The highest BCUT2D eigenvalue weighted by Crippen LogP contribution is 1.85. The van der Waals surface area contributed by atoms with Crippen LogP contribution in [0.5, 0.6) is 0 Å². The summed E-state index contributed by atoms with van der Waals surface area (Å²) in [5.41, 5.74) is 10.3. The molecule has 0 aromatic carbocycles. The molecule has 0 aliphatic heterocycles. The van der Waals surface area contributed by atoms with Crippen molar-refractivity contribution in [1.82, 2.24) is 5.32 Å². The summed E-state index contributed by atoms with van der Waals surface area (Å²) in [5, 5.41) is 15.7. The van der Waals surface area contributed by atoms with Gasteiger partial charge in [-0.15, -0.1) is 12.4 Å². The van der Waals surface area contributed by atoms with E-state index in [9.17, 15) is 0 Å². The number of aliphatic imine (C=N–C) groups is 1. The Morgan fingerprint density at radius 1 is 1.50 bits per heavy atom. The molecule has 0 fully saturated rings. The molecule has 7 heteroatoms. The molecule has 0 aromatic heterocycles. The molecule has 0 amide bonds. The lowest BCUT2D eigenvalue weighted by atomic mass is 10.3. The molecule has 14 heavy (non-hydrogen) atoms. The number of nitrogens with two attached hydrogens (primary N) is 2. The minimum atomic E-state index is -0.178. The zero-order chi connectivity index (χ0) is 10.7. The number of nitriles is 1. The van der Waals surface area contributed by atoms with Gasteiger partial charge in [0.1, 0.15) is 0 Å². The van der Waals surface area contributed by atoms with E-state index in [1.165, 1.54) is 0 Å². The lowest BCUT2D eigenvalue weighted by Gasteiger charge is -2.00. The van der Waals surface area contributed by atoms with Gasteiger partial charge in [-0.25, -0.2) is 5.26 Å². The van der Waals surface area contributed by atoms with Gasteiger partial charge in [0.2, 0.25) is 0 Å². The van der Waals surface area contributed by atoms with E-state index < -0.39 is 0 Å². The van der Waals surface area contributed by atoms with Crippen molar-refractivity contribution in [2.24, 2.45) is 16.5 Å². The van der Waals surface area contributed by atoms with Crippen LogP contribution < -0.4 is 16.8 Å². The molecule has 0 saturated heterocycles. The Bertz CT molecular complexity index is 188. The monoisotopic (exact) mass is 220 g/mol. The second-order valence-electron chi connectivity index (χ2n) is 2.16. The van der Waals surface area contributed by atoms with E-state index >= 15 is 0 Å². The van der Waals surface area contributed by atoms with Crippen LogP contribution >= 0.6 is 12.4 Å². The topological polar surface area (TPSA) is 124 Å². The van der Waals surface area contributed by atoms with Crippen molar-refractivity contribution in [1.29, 1.82) is 10.7 Å². The third-order valence-corrected chi connectivity index (χ3v) is 1.06. The number of hydrogen-bond donors (Lipinski definition) is 4. The third kappa shape index (κ3) is 16.9. The summed E-state index contributed by atoms with van der Waals surface area (Å²) in [6.07, 6.45) is 2.08. The Hall–Kier alpha value is -1.48. The van der Waals surface area contributed by atoms with Gasteiger partial charge in [-0.1, -0.05) is 13.3 Å². The number of halogens is 1. The lowest BCUT2D eigenvalue weighted by molar-refractivity contribution is 0.804.